The lowest BCUT2D eigenvalue weighted by Crippen LogP contribution is -2.57. The zero-order valence-electron chi connectivity index (χ0n) is 23.0. The monoisotopic (exact) mass is 565 g/mol. The van der Waals surface area contributed by atoms with Crippen molar-refractivity contribution in [2.75, 3.05) is 19.8 Å². The molecule has 5 heterocycles. The molecule has 2 saturated heterocycles. The number of cyclic esters (lactones) is 1. The molecule has 0 bridgehead atoms. The zero-order valence-corrected chi connectivity index (χ0v) is 23.8. The Hall–Kier alpha value is -3.18. The molecular formula is C29H35N5O5S. The highest BCUT2D eigenvalue weighted by atomic mass is 32.2. The molecule has 1 aromatic heterocycles. The van der Waals surface area contributed by atoms with E-state index in [1.807, 2.05) is 69.3 Å². The number of rotatable bonds is 6. The van der Waals surface area contributed by atoms with Crippen LogP contribution in [-0.4, -0.2) is 89.0 Å². The second kappa shape index (κ2) is 10.0. The summed E-state index contributed by atoms with van der Waals surface area (Å²) in [6.07, 6.45) is 9.06. The molecule has 212 valence electrons. The van der Waals surface area contributed by atoms with Crippen molar-refractivity contribution in [1.82, 2.24) is 24.8 Å². The van der Waals surface area contributed by atoms with Crippen LogP contribution in [0.25, 0.3) is 11.0 Å². The first kappa shape index (κ1) is 27.0. The minimum Gasteiger partial charge on any atom is -0.465 e. The average molecular weight is 566 g/mol. The maximum absolute atomic E-state index is 14.6. The van der Waals surface area contributed by atoms with Crippen LogP contribution in [0, 0.1) is 17.8 Å². The second-order valence-corrected chi connectivity index (χ2v) is 13.5. The number of carbonyl (C=O) groups is 3. The van der Waals surface area contributed by atoms with Gasteiger partial charge in [0, 0.05) is 11.3 Å². The Balaban J connectivity index is 1.46. The lowest BCUT2D eigenvalue weighted by molar-refractivity contribution is -0.155. The van der Waals surface area contributed by atoms with E-state index < -0.39 is 39.4 Å². The van der Waals surface area contributed by atoms with Crippen LogP contribution in [0.15, 0.2) is 48.6 Å². The number of nitrogens with zero attached hydrogens (tertiary/aromatic N) is 5. The highest BCUT2D eigenvalue weighted by molar-refractivity contribution is 8.02. The van der Waals surface area contributed by atoms with Crippen molar-refractivity contribution < 1.29 is 24.2 Å². The second-order valence-electron chi connectivity index (χ2n) is 11.7. The highest BCUT2D eigenvalue weighted by Crippen LogP contribution is 2.65. The van der Waals surface area contributed by atoms with Gasteiger partial charge in [0.1, 0.15) is 18.2 Å². The van der Waals surface area contributed by atoms with Gasteiger partial charge < -0.3 is 19.6 Å². The minimum absolute atomic E-state index is 0.157. The third kappa shape index (κ3) is 4.08. The van der Waals surface area contributed by atoms with Gasteiger partial charge in [-0.15, -0.1) is 16.9 Å². The molecule has 4 aliphatic heterocycles. The summed E-state index contributed by atoms with van der Waals surface area (Å²) in [5.41, 5.74) is 1.53. The number of likely N-dealkylation sites (tertiary alicyclic amines) is 1. The third-order valence-electron chi connectivity index (χ3n) is 8.61. The van der Waals surface area contributed by atoms with Crippen LogP contribution in [0.5, 0.6) is 0 Å². The van der Waals surface area contributed by atoms with Gasteiger partial charge >= 0.3 is 5.97 Å². The molecule has 10 nitrogen and oxygen atoms in total. The quantitative estimate of drug-likeness (QED) is 0.419. The van der Waals surface area contributed by atoms with Gasteiger partial charge in [-0.1, -0.05) is 55.5 Å². The number of aromatic nitrogens is 3. The van der Waals surface area contributed by atoms with Gasteiger partial charge in [0.05, 0.1) is 41.4 Å². The van der Waals surface area contributed by atoms with E-state index in [1.165, 1.54) is 11.8 Å². The van der Waals surface area contributed by atoms with E-state index in [1.54, 1.807) is 14.5 Å². The number of benzene rings is 1. The summed E-state index contributed by atoms with van der Waals surface area (Å²) in [5, 5.41) is 19.0. The van der Waals surface area contributed by atoms with Crippen molar-refractivity contribution in [1.29, 1.82) is 0 Å². The van der Waals surface area contributed by atoms with E-state index in [2.05, 4.69) is 10.3 Å². The molecule has 2 aromatic rings. The van der Waals surface area contributed by atoms with Gasteiger partial charge in [-0.25, -0.2) is 4.68 Å². The zero-order chi connectivity index (χ0) is 28.2. The summed E-state index contributed by atoms with van der Waals surface area (Å²) in [7, 11) is 0. The summed E-state index contributed by atoms with van der Waals surface area (Å²) >= 11 is 1.51. The minimum atomic E-state index is -0.995. The molecule has 40 heavy (non-hydrogen) atoms. The van der Waals surface area contributed by atoms with E-state index in [-0.39, 0.29) is 37.6 Å². The maximum atomic E-state index is 14.6. The molecule has 6 atom stereocenters. The van der Waals surface area contributed by atoms with Gasteiger partial charge in [0.2, 0.25) is 11.8 Å². The molecule has 1 spiro atoms. The first-order chi connectivity index (χ1) is 19.2. The summed E-state index contributed by atoms with van der Waals surface area (Å²) in [5.74, 6) is -2.28. The van der Waals surface area contributed by atoms with Crippen LogP contribution in [-0.2, 0) is 25.8 Å². The van der Waals surface area contributed by atoms with Gasteiger partial charge in [0.25, 0.3) is 0 Å². The lowest BCUT2D eigenvalue weighted by Gasteiger charge is -2.40. The fourth-order valence-electron chi connectivity index (χ4n) is 7.00. The van der Waals surface area contributed by atoms with Crippen LogP contribution >= 0.6 is 11.8 Å². The Morgan fingerprint density at radius 1 is 1.12 bits per heavy atom. The van der Waals surface area contributed by atoms with E-state index in [0.717, 1.165) is 11.0 Å². The van der Waals surface area contributed by atoms with Crippen LogP contribution < -0.4 is 0 Å². The number of hydrogen-bond donors (Lipinski definition) is 1. The van der Waals surface area contributed by atoms with Gasteiger partial charge in [-0.05, 0) is 37.8 Å². The smallest absolute Gasteiger partial charge is 0.311 e. The summed E-state index contributed by atoms with van der Waals surface area (Å²) in [6.45, 7) is 6.48. The fraction of sp³-hybridized carbons (Fsp3) is 0.552. The predicted octanol–water partition coefficient (Wildman–Crippen LogP) is 2.38. The number of thioether (sulfide) groups is 1. The van der Waals surface area contributed by atoms with Crippen molar-refractivity contribution in [3.63, 3.8) is 0 Å². The summed E-state index contributed by atoms with van der Waals surface area (Å²) in [6, 6.07) is 6.10. The standard InChI is InChI=1S/C29H35N5O5S/c1-18(2)15-19(16-35)34-24-26(37)32(17-33-21-10-5-4-9-20(21)30-31-33)13-8-12-29(24)22(25(34)36)23-27(38)39-14-7-6-11-28(23,3)40-29/h4-6,8-12,18-19,22-24,35H,7,13-17H2,1-3H3/t19-,22+,23-,24?,28+,29+/m1/s1. The van der Waals surface area contributed by atoms with Crippen LogP contribution in [0.3, 0.4) is 0 Å². The highest BCUT2D eigenvalue weighted by Gasteiger charge is 2.74. The van der Waals surface area contributed by atoms with Crippen molar-refractivity contribution in [2.45, 2.75) is 61.9 Å². The first-order valence-electron chi connectivity index (χ1n) is 13.9. The van der Waals surface area contributed by atoms with Crippen molar-refractivity contribution in [3.05, 3.63) is 48.6 Å². The molecule has 4 aliphatic rings. The molecule has 1 unspecified atom stereocenters. The van der Waals surface area contributed by atoms with E-state index >= 15 is 0 Å². The van der Waals surface area contributed by atoms with Crippen LogP contribution in [0.4, 0.5) is 0 Å². The SMILES string of the molecule is CC(C)C[C@H](CO)N1C(=O)[C@@H]2[C@@H]3C(=O)OCCC=C[C@]3(C)S[C@@]23C=CCN(Cn2nnc4ccccc42)C(=O)C13. The van der Waals surface area contributed by atoms with Crippen molar-refractivity contribution in [2.24, 2.45) is 17.8 Å². The first-order valence-corrected chi connectivity index (χ1v) is 14.7. The van der Waals surface area contributed by atoms with Crippen molar-refractivity contribution >= 4 is 40.6 Å². The molecule has 2 fully saturated rings. The van der Waals surface area contributed by atoms with Crippen molar-refractivity contribution in [3.8, 4) is 0 Å². The maximum Gasteiger partial charge on any atom is 0.311 e. The molecule has 0 aliphatic carbocycles. The number of para-hydroxylation sites is 1. The van der Waals surface area contributed by atoms with Gasteiger partial charge in [-0.3, -0.25) is 14.4 Å². The number of carbonyl (C=O) groups excluding carboxylic acids is 3. The predicted molar refractivity (Wildman–Crippen MR) is 150 cm³/mol. The number of fused-ring (bicyclic) bond motifs is 3. The molecular weight excluding hydrogens is 530 g/mol. The van der Waals surface area contributed by atoms with Crippen LogP contribution in [0.2, 0.25) is 0 Å². The molecule has 0 radical (unpaired) electrons. The molecule has 1 aromatic carbocycles. The fourth-order valence-corrected chi connectivity index (χ4v) is 9.14. The Morgan fingerprint density at radius 3 is 2.70 bits per heavy atom. The summed E-state index contributed by atoms with van der Waals surface area (Å²) < 4.78 is 5.58. The lowest BCUT2D eigenvalue weighted by atomic mass is 9.74. The van der Waals surface area contributed by atoms with E-state index in [9.17, 15) is 19.5 Å². The number of aliphatic hydroxyl groups excluding tert-OH is 1. The molecule has 11 heteroatoms. The Bertz CT molecular complexity index is 1410. The van der Waals surface area contributed by atoms with Gasteiger partial charge in [-0.2, -0.15) is 0 Å². The number of amides is 2. The largest absolute Gasteiger partial charge is 0.465 e. The van der Waals surface area contributed by atoms with Gasteiger partial charge in [0.15, 0.2) is 0 Å². The Morgan fingerprint density at radius 2 is 1.93 bits per heavy atom. The molecule has 2 amide bonds. The normalized spacial score (nSPS) is 32.5. The molecule has 0 saturated carbocycles. The van der Waals surface area contributed by atoms with E-state index in [4.69, 9.17) is 4.74 Å². The summed E-state index contributed by atoms with van der Waals surface area (Å²) in [4.78, 5) is 45.8. The number of esters is 1. The Labute approximate surface area is 237 Å². The third-order valence-corrected chi connectivity index (χ3v) is 10.4. The van der Waals surface area contributed by atoms with E-state index in [0.29, 0.717) is 19.4 Å². The average Bonchev–Trinajstić information content (AvgIpc) is 3.48. The number of ether oxygens (including phenoxy) is 1. The number of hydrogen-bond acceptors (Lipinski definition) is 8. The topological polar surface area (TPSA) is 118 Å². The van der Waals surface area contributed by atoms with Crippen LogP contribution in [0.1, 0.15) is 33.6 Å². The Kier molecular flexibility index (Phi) is 6.77. The number of aliphatic hydroxyl groups is 1. The molecule has 6 rings (SSSR count). The molecule has 1 N–H and O–H groups in total.